The van der Waals surface area contributed by atoms with Crippen LogP contribution in [0.25, 0.3) is 0 Å². The zero-order chi connectivity index (χ0) is 28.3. The summed E-state index contributed by atoms with van der Waals surface area (Å²) in [5, 5.41) is 4.74. The second-order valence-corrected chi connectivity index (χ2v) is 10.2. The first-order valence-corrected chi connectivity index (χ1v) is 13.3. The molecule has 4 amide bonds. The number of benzene rings is 1. The van der Waals surface area contributed by atoms with E-state index >= 15 is 0 Å². The largest absolute Gasteiger partial charge is 0.490 e. The molecule has 12 nitrogen and oxygen atoms in total. The third-order valence-corrected chi connectivity index (χ3v) is 7.46. The van der Waals surface area contributed by atoms with E-state index in [-0.39, 0.29) is 47.1 Å². The van der Waals surface area contributed by atoms with Crippen LogP contribution in [-0.2, 0) is 28.7 Å². The average molecular weight is 677 g/mol. The molecule has 15 heteroatoms. The van der Waals surface area contributed by atoms with Gasteiger partial charge in [0.25, 0.3) is 0 Å². The molecule has 0 aliphatic carbocycles. The van der Waals surface area contributed by atoms with Crippen molar-refractivity contribution in [2.24, 2.45) is 11.8 Å². The number of halogens is 1. The molecule has 2 aliphatic rings. The number of rotatable bonds is 9. The molecule has 2 saturated heterocycles. The van der Waals surface area contributed by atoms with Gasteiger partial charge >= 0.3 is 5.97 Å². The van der Waals surface area contributed by atoms with Crippen molar-refractivity contribution in [3.05, 3.63) is 21.3 Å². The minimum Gasteiger partial charge on any atom is -0.490 e. The van der Waals surface area contributed by atoms with Crippen molar-refractivity contribution >= 4 is 86.8 Å². The quantitative estimate of drug-likeness (QED) is 0.166. The number of amides is 4. The highest BCUT2D eigenvalue weighted by Gasteiger charge is 2.52. The van der Waals surface area contributed by atoms with Crippen LogP contribution in [0.2, 0.25) is 0 Å². The van der Waals surface area contributed by atoms with Gasteiger partial charge in [-0.05, 0) is 78.6 Å². The summed E-state index contributed by atoms with van der Waals surface area (Å²) in [6.07, 6.45) is 0. The van der Waals surface area contributed by atoms with Gasteiger partial charge in [0.05, 0.1) is 16.8 Å². The molecule has 3 atom stereocenters. The number of carbonyl (C=O) groups is 5. The van der Waals surface area contributed by atoms with Gasteiger partial charge in [-0.25, -0.2) is 4.79 Å². The van der Waals surface area contributed by atoms with Gasteiger partial charge in [-0.1, -0.05) is 0 Å². The van der Waals surface area contributed by atoms with Gasteiger partial charge in [0, 0.05) is 20.0 Å². The Balaban J connectivity index is 2.17. The molecule has 2 aliphatic heterocycles. The van der Waals surface area contributed by atoms with E-state index in [9.17, 15) is 24.0 Å². The van der Waals surface area contributed by atoms with Crippen molar-refractivity contribution in [1.82, 2.24) is 20.4 Å². The fourth-order valence-corrected chi connectivity index (χ4v) is 5.27. The molecule has 1 aromatic rings. The lowest BCUT2D eigenvalue weighted by molar-refractivity contribution is -0.147. The van der Waals surface area contributed by atoms with E-state index in [0.29, 0.717) is 3.57 Å². The molecule has 1 unspecified atom stereocenters. The lowest BCUT2D eigenvalue weighted by Crippen LogP contribution is -2.62. The van der Waals surface area contributed by atoms with Crippen molar-refractivity contribution in [2.45, 2.75) is 19.8 Å². The first-order chi connectivity index (χ1) is 17.9. The van der Waals surface area contributed by atoms with Crippen molar-refractivity contribution < 1.29 is 38.2 Å². The van der Waals surface area contributed by atoms with E-state index in [4.69, 9.17) is 38.6 Å². The molecule has 0 radical (unpaired) electrons. The first-order valence-electron chi connectivity index (χ1n) is 11.4. The minimum atomic E-state index is -1.48. The molecular weight excluding hydrogens is 651 g/mol. The predicted octanol–water partition coefficient (Wildman–Crippen LogP) is 0.694. The average Bonchev–Trinajstić information content (AvgIpc) is 2.84. The second kappa shape index (κ2) is 12.3. The van der Waals surface area contributed by atoms with Crippen molar-refractivity contribution in [2.75, 3.05) is 33.9 Å². The predicted molar refractivity (Wildman–Crippen MR) is 149 cm³/mol. The lowest BCUT2D eigenvalue weighted by atomic mass is 9.73. The Hall–Kier alpha value is -2.92. The van der Waals surface area contributed by atoms with Crippen LogP contribution < -0.4 is 20.1 Å². The van der Waals surface area contributed by atoms with Crippen LogP contribution in [-0.4, -0.2) is 83.5 Å². The maximum atomic E-state index is 13.4. The summed E-state index contributed by atoms with van der Waals surface area (Å²) in [7, 11) is 2.78. The Labute approximate surface area is 242 Å². The molecule has 38 heavy (non-hydrogen) atoms. The molecule has 0 bridgehead atoms. The molecule has 2 heterocycles. The van der Waals surface area contributed by atoms with E-state index in [0.717, 1.165) is 9.80 Å². The Morgan fingerprint density at radius 2 is 1.47 bits per heavy atom. The van der Waals surface area contributed by atoms with Gasteiger partial charge in [0.2, 0.25) is 23.6 Å². The number of ether oxygens (including phenoxy) is 3. The van der Waals surface area contributed by atoms with Crippen LogP contribution in [0, 0.1) is 15.4 Å². The topological polar surface area (TPSA) is 144 Å². The van der Waals surface area contributed by atoms with Crippen molar-refractivity contribution in [3.63, 3.8) is 0 Å². The van der Waals surface area contributed by atoms with E-state index in [1.165, 1.54) is 20.2 Å². The standard InChI is InChI=1S/C23H25IN4O8S2/c1-5-34-12-8-10(7-11(24)17(12)36-9-13(29)35-6-2)14(15-18(30)25-22(37)27(3)20(15)32)16-19(31)26-23(38)28(4)21(16)33/h7-8,14-16H,5-6,9H2,1-4H3,(H,25,30,37)(H,26,31,38)/t14?,15-,16+. The summed E-state index contributed by atoms with van der Waals surface area (Å²) in [5.41, 5.74) is 0.283. The van der Waals surface area contributed by atoms with Gasteiger partial charge < -0.3 is 24.8 Å². The van der Waals surface area contributed by atoms with Crippen LogP contribution in [0.15, 0.2) is 12.1 Å². The van der Waals surface area contributed by atoms with E-state index in [1.54, 1.807) is 19.9 Å². The van der Waals surface area contributed by atoms with Crippen LogP contribution in [0.1, 0.15) is 25.3 Å². The van der Waals surface area contributed by atoms with E-state index in [1.807, 2.05) is 22.6 Å². The van der Waals surface area contributed by atoms with Gasteiger partial charge in [-0.2, -0.15) is 0 Å². The van der Waals surface area contributed by atoms with Gasteiger partial charge in [0.15, 0.2) is 28.3 Å². The molecule has 3 rings (SSSR count). The van der Waals surface area contributed by atoms with Crippen molar-refractivity contribution in [3.8, 4) is 11.5 Å². The Kier molecular flexibility index (Phi) is 9.59. The highest BCUT2D eigenvalue weighted by Crippen LogP contribution is 2.43. The SMILES string of the molecule is CCOC(=O)COc1c(I)cc(C([C@@H]2C(=O)NC(=S)N(C)C2=O)[C@H]2C(=O)NC(=S)N(C)C2=O)cc1OCC. The molecule has 2 fully saturated rings. The number of thiocarbonyl (C=S) groups is 2. The summed E-state index contributed by atoms with van der Waals surface area (Å²) in [5.74, 6) is -7.29. The van der Waals surface area contributed by atoms with Gasteiger partial charge in [0.1, 0.15) is 11.8 Å². The zero-order valence-electron chi connectivity index (χ0n) is 20.9. The summed E-state index contributed by atoms with van der Waals surface area (Å²) >= 11 is 12.1. The maximum absolute atomic E-state index is 13.4. The summed E-state index contributed by atoms with van der Waals surface area (Å²) in [6.45, 7) is 3.41. The maximum Gasteiger partial charge on any atom is 0.344 e. The minimum absolute atomic E-state index is 0.0972. The second-order valence-electron chi connectivity index (χ2n) is 8.22. The Morgan fingerprint density at radius 1 is 0.947 bits per heavy atom. The first kappa shape index (κ1) is 29.6. The Morgan fingerprint density at radius 3 is 1.95 bits per heavy atom. The number of hydrogen-bond donors (Lipinski definition) is 2. The highest BCUT2D eigenvalue weighted by molar-refractivity contribution is 14.1. The molecular formula is C23H25IN4O8S2. The lowest BCUT2D eigenvalue weighted by Gasteiger charge is -2.39. The number of esters is 1. The number of hydrogen-bond acceptors (Lipinski definition) is 10. The summed E-state index contributed by atoms with van der Waals surface area (Å²) < 4.78 is 16.8. The number of nitrogens with zero attached hydrogens (tertiary/aromatic N) is 2. The third-order valence-electron chi connectivity index (χ3n) is 5.90. The highest BCUT2D eigenvalue weighted by atomic mass is 127. The smallest absolute Gasteiger partial charge is 0.344 e. The van der Waals surface area contributed by atoms with Crippen LogP contribution in [0.5, 0.6) is 11.5 Å². The fourth-order valence-electron chi connectivity index (χ4n) is 4.10. The molecule has 0 spiro atoms. The molecule has 204 valence electrons. The fraction of sp³-hybridized carbons (Fsp3) is 0.435. The van der Waals surface area contributed by atoms with Gasteiger partial charge in [-0.3, -0.25) is 29.0 Å². The molecule has 0 saturated carbocycles. The monoisotopic (exact) mass is 676 g/mol. The molecule has 1 aromatic carbocycles. The van der Waals surface area contributed by atoms with Crippen molar-refractivity contribution in [1.29, 1.82) is 0 Å². The van der Waals surface area contributed by atoms with Crippen LogP contribution in [0.4, 0.5) is 0 Å². The third kappa shape index (κ3) is 5.88. The van der Waals surface area contributed by atoms with E-state index < -0.39 is 47.4 Å². The normalized spacial score (nSPS) is 20.7. The molecule has 2 N–H and O–H groups in total. The number of nitrogens with one attached hydrogen (secondary N) is 2. The van der Waals surface area contributed by atoms with Gasteiger partial charge in [-0.15, -0.1) is 0 Å². The number of carbonyl (C=O) groups excluding carboxylic acids is 5. The molecule has 0 aromatic heterocycles. The zero-order valence-corrected chi connectivity index (χ0v) is 24.7. The van der Waals surface area contributed by atoms with Crippen LogP contribution >= 0.6 is 47.0 Å². The van der Waals surface area contributed by atoms with E-state index in [2.05, 4.69) is 10.6 Å². The summed E-state index contributed by atoms with van der Waals surface area (Å²) in [4.78, 5) is 67.0. The Bertz CT molecular complexity index is 1170. The van der Waals surface area contributed by atoms with Crippen LogP contribution in [0.3, 0.4) is 0 Å². The summed E-state index contributed by atoms with van der Waals surface area (Å²) in [6, 6.07) is 3.05.